The van der Waals surface area contributed by atoms with Crippen molar-refractivity contribution in [3.8, 4) is 0 Å². The zero-order valence-electron chi connectivity index (χ0n) is 11.6. The summed E-state index contributed by atoms with van der Waals surface area (Å²) in [6.45, 7) is 2.26. The Kier molecular flexibility index (Phi) is 5.79. The van der Waals surface area contributed by atoms with Crippen molar-refractivity contribution in [1.82, 2.24) is 4.90 Å². The van der Waals surface area contributed by atoms with E-state index >= 15 is 0 Å². The molecule has 0 aliphatic carbocycles. The molecule has 1 amide bonds. The van der Waals surface area contributed by atoms with Crippen LogP contribution in [0.1, 0.15) is 34.1 Å². The van der Waals surface area contributed by atoms with Crippen molar-refractivity contribution in [3.63, 3.8) is 0 Å². The van der Waals surface area contributed by atoms with E-state index in [1.807, 2.05) is 13.0 Å². The van der Waals surface area contributed by atoms with Crippen LogP contribution in [-0.4, -0.2) is 37.5 Å². The molecule has 0 atom stereocenters. The van der Waals surface area contributed by atoms with Gasteiger partial charge < -0.3 is 9.64 Å². The highest BCUT2D eigenvalue weighted by molar-refractivity contribution is 5.97. The van der Waals surface area contributed by atoms with E-state index in [2.05, 4.69) is 0 Å². The van der Waals surface area contributed by atoms with Crippen LogP contribution in [0.3, 0.4) is 0 Å². The van der Waals surface area contributed by atoms with Gasteiger partial charge in [-0.3, -0.25) is 4.79 Å². The van der Waals surface area contributed by atoms with Crippen molar-refractivity contribution in [2.45, 2.75) is 13.3 Å². The number of rotatable bonds is 5. The number of esters is 1. The molecule has 1 rings (SSSR count). The highest BCUT2D eigenvalue weighted by atomic mass is 16.5. The molecule has 19 heavy (non-hydrogen) atoms. The molecule has 0 spiro atoms. The Morgan fingerprint density at radius 2 is 1.89 bits per heavy atom. The zero-order valence-corrected chi connectivity index (χ0v) is 11.6. The van der Waals surface area contributed by atoms with E-state index in [4.69, 9.17) is 4.74 Å². The van der Waals surface area contributed by atoms with Crippen molar-refractivity contribution in [1.29, 1.82) is 0 Å². The average Bonchev–Trinajstić information content (AvgIpc) is 2.42. The molecule has 0 unspecified atom stereocenters. The fraction of sp³-hybridized carbons (Fsp3) is 0.333. The van der Waals surface area contributed by atoms with Crippen LogP contribution in [0.4, 0.5) is 0 Å². The first-order valence-electron chi connectivity index (χ1n) is 6.20. The van der Waals surface area contributed by atoms with Gasteiger partial charge in [-0.05, 0) is 24.6 Å². The van der Waals surface area contributed by atoms with Crippen LogP contribution < -0.4 is 0 Å². The monoisotopic (exact) mass is 261 g/mol. The lowest BCUT2D eigenvalue weighted by molar-refractivity contribution is 0.0549. The van der Waals surface area contributed by atoms with Crippen LogP contribution in [0.15, 0.2) is 36.4 Å². The van der Waals surface area contributed by atoms with E-state index in [1.165, 1.54) is 4.90 Å². The second-order valence-corrected chi connectivity index (χ2v) is 4.26. The smallest absolute Gasteiger partial charge is 0.338 e. The van der Waals surface area contributed by atoms with Crippen LogP contribution in [0, 0.1) is 0 Å². The molecule has 0 radical (unpaired) electrons. The Morgan fingerprint density at radius 1 is 1.21 bits per heavy atom. The molecule has 0 fully saturated rings. The molecule has 1 aromatic carbocycles. The molecule has 0 N–H and O–H groups in total. The van der Waals surface area contributed by atoms with Gasteiger partial charge in [-0.2, -0.15) is 0 Å². The first-order valence-corrected chi connectivity index (χ1v) is 6.20. The summed E-state index contributed by atoms with van der Waals surface area (Å²) in [5, 5.41) is 0. The lowest BCUT2D eigenvalue weighted by atomic mass is 10.1. The van der Waals surface area contributed by atoms with Gasteiger partial charge in [0.15, 0.2) is 0 Å². The number of hydrogen-bond donors (Lipinski definition) is 0. The van der Waals surface area contributed by atoms with Gasteiger partial charge in [0.25, 0.3) is 5.91 Å². The van der Waals surface area contributed by atoms with Gasteiger partial charge in [-0.25, -0.2) is 4.79 Å². The second-order valence-electron chi connectivity index (χ2n) is 4.26. The maximum absolute atomic E-state index is 11.8. The molecule has 0 aliphatic heterocycles. The van der Waals surface area contributed by atoms with Crippen LogP contribution in [0.5, 0.6) is 0 Å². The van der Waals surface area contributed by atoms with Gasteiger partial charge in [-0.1, -0.05) is 25.1 Å². The summed E-state index contributed by atoms with van der Waals surface area (Å²) in [4.78, 5) is 25.0. The molecule has 0 heterocycles. The first-order chi connectivity index (χ1) is 9.06. The van der Waals surface area contributed by atoms with E-state index < -0.39 is 5.97 Å². The summed E-state index contributed by atoms with van der Waals surface area (Å²) >= 11 is 0. The Balaban J connectivity index is 2.73. The summed E-state index contributed by atoms with van der Waals surface area (Å²) in [5.41, 5.74) is 0.862. The van der Waals surface area contributed by atoms with Crippen molar-refractivity contribution < 1.29 is 14.3 Å². The highest BCUT2D eigenvalue weighted by Crippen LogP contribution is 2.08. The fourth-order valence-corrected chi connectivity index (χ4v) is 1.48. The van der Waals surface area contributed by atoms with E-state index in [0.29, 0.717) is 11.1 Å². The Labute approximate surface area is 113 Å². The molecular formula is C15H19NO3. The molecule has 0 saturated carbocycles. The minimum absolute atomic E-state index is 0.138. The average molecular weight is 261 g/mol. The summed E-state index contributed by atoms with van der Waals surface area (Å²) in [6, 6.07) is 6.54. The highest BCUT2D eigenvalue weighted by Gasteiger charge is 2.12. The van der Waals surface area contributed by atoms with Crippen LogP contribution in [0.2, 0.25) is 0 Å². The Morgan fingerprint density at radius 3 is 2.53 bits per heavy atom. The number of benzene rings is 1. The second kappa shape index (κ2) is 7.36. The molecule has 4 heteroatoms. The fourth-order valence-electron chi connectivity index (χ4n) is 1.48. The number of hydrogen-bond acceptors (Lipinski definition) is 3. The molecule has 0 bridgehead atoms. The van der Waals surface area contributed by atoms with E-state index in [0.717, 1.165) is 6.42 Å². The summed E-state index contributed by atoms with van der Waals surface area (Å²) in [6.07, 6.45) is 4.64. The van der Waals surface area contributed by atoms with Crippen molar-refractivity contribution in [2.75, 3.05) is 20.7 Å². The number of amides is 1. The van der Waals surface area contributed by atoms with Crippen molar-refractivity contribution in [2.24, 2.45) is 0 Å². The number of ether oxygens (including phenoxy) is 1. The normalized spacial score (nSPS) is 10.5. The van der Waals surface area contributed by atoms with Crippen LogP contribution in [-0.2, 0) is 4.74 Å². The van der Waals surface area contributed by atoms with Gasteiger partial charge in [0, 0.05) is 19.7 Å². The molecule has 1 aromatic rings. The van der Waals surface area contributed by atoms with Crippen LogP contribution in [0.25, 0.3) is 0 Å². The van der Waals surface area contributed by atoms with E-state index in [9.17, 15) is 9.59 Å². The van der Waals surface area contributed by atoms with E-state index in [-0.39, 0.29) is 12.5 Å². The van der Waals surface area contributed by atoms with Gasteiger partial charge in [-0.15, -0.1) is 0 Å². The Bertz CT molecular complexity index is 478. The van der Waals surface area contributed by atoms with Gasteiger partial charge in [0.05, 0.1) is 5.56 Å². The largest absolute Gasteiger partial charge is 0.458 e. The van der Waals surface area contributed by atoms with Gasteiger partial charge in [0.2, 0.25) is 0 Å². The molecule has 0 aliphatic rings. The third kappa shape index (κ3) is 4.58. The summed E-state index contributed by atoms with van der Waals surface area (Å²) in [7, 11) is 3.34. The lowest BCUT2D eigenvalue weighted by Crippen LogP contribution is -2.22. The van der Waals surface area contributed by atoms with E-state index in [1.54, 1.807) is 44.4 Å². The third-order valence-electron chi connectivity index (χ3n) is 2.46. The predicted molar refractivity (Wildman–Crippen MR) is 74.2 cm³/mol. The van der Waals surface area contributed by atoms with Crippen LogP contribution >= 0.6 is 0 Å². The number of carbonyl (C=O) groups is 2. The number of nitrogens with zero attached hydrogens (tertiary/aromatic N) is 1. The Hall–Kier alpha value is -2.10. The van der Waals surface area contributed by atoms with Gasteiger partial charge in [0.1, 0.15) is 6.61 Å². The van der Waals surface area contributed by atoms with Crippen molar-refractivity contribution in [3.05, 3.63) is 47.5 Å². The standard InChI is InChI=1S/C15H19NO3/c1-4-5-6-10-19-15(18)13-9-7-8-12(11-13)14(17)16(2)3/h5-9,11H,4,10H2,1-3H3/b6-5+. The van der Waals surface area contributed by atoms with Gasteiger partial charge >= 0.3 is 5.97 Å². The molecule has 0 saturated heterocycles. The summed E-state index contributed by atoms with van der Waals surface area (Å²) in [5.74, 6) is -0.560. The lowest BCUT2D eigenvalue weighted by Gasteiger charge is -2.10. The zero-order chi connectivity index (χ0) is 14.3. The maximum Gasteiger partial charge on any atom is 0.338 e. The molecule has 4 nitrogen and oxygen atoms in total. The summed E-state index contributed by atoms with van der Waals surface area (Å²) < 4.78 is 5.07. The minimum Gasteiger partial charge on any atom is -0.458 e. The maximum atomic E-state index is 11.8. The molecular weight excluding hydrogens is 242 g/mol. The molecule has 102 valence electrons. The first kappa shape index (κ1) is 15.0. The minimum atomic E-state index is -0.422. The number of allylic oxidation sites excluding steroid dienone is 1. The third-order valence-corrected chi connectivity index (χ3v) is 2.46. The number of carbonyl (C=O) groups excluding carboxylic acids is 2. The quantitative estimate of drug-likeness (QED) is 0.604. The molecule has 0 aromatic heterocycles. The predicted octanol–water partition coefficient (Wildman–Crippen LogP) is 2.51. The topological polar surface area (TPSA) is 46.6 Å². The van der Waals surface area contributed by atoms with Crippen molar-refractivity contribution >= 4 is 11.9 Å². The SMILES string of the molecule is CC/C=C/COC(=O)c1cccc(C(=O)N(C)C)c1.